The molecule has 9 nitrogen and oxygen atoms in total. The van der Waals surface area contributed by atoms with Crippen LogP contribution < -0.4 is 19.5 Å². The van der Waals surface area contributed by atoms with Crippen molar-refractivity contribution in [1.29, 1.82) is 0 Å². The molecule has 0 atom stereocenters. The molecule has 0 spiro atoms. The van der Waals surface area contributed by atoms with Crippen LogP contribution in [0.15, 0.2) is 54.6 Å². The van der Waals surface area contributed by atoms with Gasteiger partial charge < -0.3 is 24.6 Å². The molecule has 1 amide bonds. The molecule has 1 heterocycles. The number of aromatic nitrogens is 3. The van der Waals surface area contributed by atoms with E-state index in [-0.39, 0.29) is 13.2 Å². The summed E-state index contributed by atoms with van der Waals surface area (Å²) in [5.74, 6) is 0.794. The number of hydrogen-bond acceptors (Lipinski definition) is 7. The molecule has 34 heavy (non-hydrogen) atoms. The number of methoxy groups -OCH3 is 2. The van der Waals surface area contributed by atoms with Crippen LogP contribution in [0.25, 0.3) is 16.7 Å². The van der Waals surface area contributed by atoms with E-state index in [0.717, 1.165) is 16.6 Å². The molecule has 3 aromatic carbocycles. The monoisotopic (exact) mass is 482 g/mol. The van der Waals surface area contributed by atoms with E-state index in [1.807, 2.05) is 36.4 Å². The first-order valence-corrected chi connectivity index (χ1v) is 10.8. The summed E-state index contributed by atoms with van der Waals surface area (Å²) < 4.78 is 16.3. The van der Waals surface area contributed by atoms with Crippen LogP contribution in [0.3, 0.4) is 0 Å². The maximum Gasteiger partial charge on any atom is 0.262 e. The SMILES string of the molecule is COc1cc(NC(=O)COc2ccc(CCO)cc2-n2nc3ccccc3n2)c(OC)cc1Cl. The van der Waals surface area contributed by atoms with Crippen molar-refractivity contribution < 1.29 is 24.1 Å². The normalized spacial score (nSPS) is 10.8. The highest BCUT2D eigenvalue weighted by molar-refractivity contribution is 6.32. The van der Waals surface area contributed by atoms with Gasteiger partial charge >= 0.3 is 0 Å². The van der Waals surface area contributed by atoms with Crippen LogP contribution in [0.4, 0.5) is 5.69 Å². The van der Waals surface area contributed by atoms with Gasteiger partial charge in [-0.1, -0.05) is 29.8 Å². The van der Waals surface area contributed by atoms with Gasteiger partial charge in [0.25, 0.3) is 5.91 Å². The fourth-order valence-corrected chi connectivity index (χ4v) is 3.61. The number of carbonyl (C=O) groups is 1. The number of hydrogen-bond donors (Lipinski definition) is 2. The first-order chi connectivity index (χ1) is 16.5. The van der Waals surface area contributed by atoms with E-state index in [9.17, 15) is 9.90 Å². The molecule has 2 N–H and O–H groups in total. The molecule has 0 saturated carbocycles. The van der Waals surface area contributed by atoms with Crippen LogP contribution in [0.2, 0.25) is 5.02 Å². The lowest BCUT2D eigenvalue weighted by Gasteiger charge is -2.15. The number of anilines is 1. The molecule has 4 rings (SSSR count). The number of nitrogens with zero attached hydrogens (tertiary/aromatic N) is 3. The molecule has 176 valence electrons. The summed E-state index contributed by atoms with van der Waals surface area (Å²) in [7, 11) is 2.96. The van der Waals surface area contributed by atoms with Crippen LogP contribution >= 0.6 is 11.6 Å². The summed E-state index contributed by atoms with van der Waals surface area (Å²) in [6.07, 6.45) is 0.465. The second kappa shape index (κ2) is 10.4. The minimum Gasteiger partial charge on any atom is -0.495 e. The zero-order valence-electron chi connectivity index (χ0n) is 18.6. The van der Waals surface area contributed by atoms with Gasteiger partial charge in [0, 0.05) is 18.7 Å². The summed E-state index contributed by atoms with van der Waals surface area (Å²) in [4.78, 5) is 14.1. The summed E-state index contributed by atoms with van der Waals surface area (Å²) in [5.41, 5.74) is 3.29. The van der Waals surface area contributed by atoms with Crippen molar-refractivity contribution in [2.75, 3.05) is 32.8 Å². The van der Waals surface area contributed by atoms with Gasteiger partial charge in [-0.3, -0.25) is 4.79 Å². The lowest BCUT2D eigenvalue weighted by Crippen LogP contribution is -2.21. The lowest BCUT2D eigenvalue weighted by molar-refractivity contribution is -0.118. The number of aliphatic hydroxyl groups excluding tert-OH is 1. The lowest BCUT2D eigenvalue weighted by atomic mass is 10.1. The predicted molar refractivity (Wildman–Crippen MR) is 128 cm³/mol. The quantitative estimate of drug-likeness (QED) is 0.375. The van der Waals surface area contributed by atoms with Gasteiger partial charge in [0.05, 0.1) is 24.9 Å². The highest BCUT2D eigenvalue weighted by atomic mass is 35.5. The molecule has 0 aliphatic carbocycles. The van der Waals surface area contributed by atoms with E-state index in [1.54, 1.807) is 18.2 Å². The average Bonchev–Trinajstić information content (AvgIpc) is 3.28. The van der Waals surface area contributed by atoms with Gasteiger partial charge in [-0.2, -0.15) is 0 Å². The van der Waals surface area contributed by atoms with E-state index < -0.39 is 5.91 Å². The van der Waals surface area contributed by atoms with Gasteiger partial charge in [-0.15, -0.1) is 15.0 Å². The molecule has 0 fully saturated rings. The number of nitrogens with one attached hydrogen (secondary N) is 1. The van der Waals surface area contributed by atoms with Crippen LogP contribution in [-0.2, 0) is 11.2 Å². The molecular formula is C24H23ClN4O5. The first-order valence-electron chi connectivity index (χ1n) is 10.4. The highest BCUT2D eigenvalue weighted by Gasteiger charge is 2.16. The number of ether oxygens (including phenoxy) is 3. The van der Waals surface area contributed by atoms with Crippen molar-refractivity contribution >= 4 is 34.2 Å². The van der Waals surface area contributed by atoms with Crippen LogP contribution in [0.1, 0.15) is 5.56 Å². The Morgan fingerprint density at radius 3 is 2.35 bits per heavy atom. The smallest absolute Gasteiger partial charge is 0.262 e. The largest absolute Gasteiger partial charge is 0.495 e. The van der Waals surface area contributed by atoms with E-state index >= 15 is 0 Å². The van der Waals surface area contributed by atoms with E-state index in [2.05, 4.69) is 15.5 Å². The molecule has 0 unspecified atom stereocenters. The molecule has 0 saturated heterocycles. The molecule has 0 bridgehead atoms. The first kappa shape index (κ1) is 23.3. The Morgan fingerprint density at radius 1 is 1.00 bits per heavy atom. The topological polar surface area (TPSA) is 108 Å². The molecular weight excluding hydrogens is 460 g/mol. The van der Waals surface area contributed by atoms with Gasteiger partial charge in [0.2, 0.25) is 0 Å². The molecule has 0 aliphatic heterocycles. The minimum atomic E-state index is -0.411. The molecule has 10 heteroatoms. The Hall–Kier alpha value is -3.82. The predicted octanol–water partition coefficient (Wildman–Crippen LogP) is 3.64. The maximum absolute atomic E-state index is 12.7. The standard InChI is InChI=1S/C24H23ClN4O5/c1-32-22-13-19(23(33-2)12-16(22)25)26-24(31)14-34-21-8-7-15(9-10-30)11-20(21)29-27-17-5-3-4-6-18(17)28-29/h3-8,11-13,30H,9-10,14H2,1-2H3,(H,26,31). The Balaban J connectivity index is 1.56. The van der Waals surface area contributed by atoms with Gasteiger partial charge in [0.15, 0.2) is 6.61 Å². The molecule has 4 aromatic rings. The Labute approximate surface area is 200 Å². The average molecular weight is 483 g/mol. The van der Waals surface area contributed by atoms with Crippen LogP contribution in [-0.4, -0.2) is 53.4 Å². The Kier molecular flexibility index (Phi) is 7.15. The zero-order valence-corrected chi connectivity index (χ0v) is 19.4. The fourth-order valence-electron chi connectivity index (χ4n) is 3.38. The summed E-state index contributed by atoms with van der Waals surface area (Å²) in [5, 5.41) is 21.5. The van der Waals surface area contributed by atoms with Crippen molar-refractivity contribution in [3.05, 3.63) is 65.2 Å². The van der Waals surface area contributed by atoms with Gasteiger partial charge in [-0.25, -0.2) is 0 Å². The van der Waals surface area contributed by atoms with Crippen molar-refractivity contribution in [2.45, 2.75) is 6.42 Å². The third-order valence-corrected chi connectivity index (χ3v) is 5.33. The summed E-state index contributed by atoms with van der Waals surface area (Å²) in [6.45, 7) is -0.274. The molecule has 1 aromatic heterocycles. The van der Waals surface area contributed by atoms with Crippen molar-refractivity contribution in [2.24, 2.45) is 0 Å². The number of aliphatic hydroxyl groups is 1. The Morgan fingerprint density at radius 2 is 1.71 bits per heavy atom. The fraction of sp³-hybridized carbons (Fsp3) is 0.208. The number of benzene rings is 3. The third kappa shape index (κ3) is 5.05. The second-order valence-corrected chi connectivity index (χ2v) is 7.68. The number of halogens is 1. The van der Waals surface area contributed by atoms with Crippen LogP contribution in [0.5, 0.6) is 17.2 Å². The summed E-state index contributed by atoms with van der Waals surface area (Å²) >= 11 is 6.13. The van der Waals surface area contributed by atoms with E-state index in [0.29, 0.717) is 40.1 Å². The Bertz CT molecular complexity index is 1290. The third-order valence-electron chi connectivity index (χ3n) is 5.03. The molecule has 0 aliphatic rings. The number of carbonyl (C=O) groups excluding carboxylic acids is 1. The van der Waals surface area contributed by atoms with E-state index in [4.69, 9.17) is 25.8 Å². The zero-order chi connectivity index (χ0) is 24.1. The molecule has 0 radical (unpaired) electrons. The van der Waals surface area contributed by atoms with Crippen molar-refractivity contribution in [1.82, 2.24) is 15.0 Å². The number of fused-ring (bicyclic) bond motifs is 1. The highest BCUT2D eigenvalue weighted by Crippen LogP contribution is 2.36. The number of rotatable bonds is 9. The van der Waals surface area contributed by atoms with Crippen LogP contribution in [0, 0.1) is 0 Å². The van der Waals surface area contributed by atoms with Gasteiger partial charge in [-0.05, 0) is 36.2 Å². The van der Waals surface area contributed by atoms with Crippen molar-refractivity contribution in [3.8, 4) is 22.9 Å². The van der Waals surface area contributed by atoms with Gasteiger partial charge in [0.1, 0.15) is 34.0 Å². The van der Waals surface area contributed by atoms with Crippen molar-refractivity contribution in [3.63, 3.8) is 0 Å². The maximum atomic E-state index is 12.7. The van der Waals surface area contributed by atoms with E-state index in [1.165, 1.54) is 19.0 Å². The number of amides is 1. The second-order valence-electron chi connectivity index (χ2n) is 7.28. The minimum absolute atomic E-state index is 0.00293. The summed E-state index contributed by atoms with van der Waals surface area (Å²) in [6, 6.07) is 16.0.